The minimum absolute atomic E-state index is 0.0678. The van der Waals surface area contributed by atoms with Crippen LogP contribution in [0, 0.1) is 23.7 Å². The van der Waals surface area contributed by atoms with Crippen LogP contribution in [-0.2, 0) is 23.9 Å². The molecule has 3 rings (SSSR count). The maximum atomic E-state index is 14.1. The van der Waals surface area contributed by atoms with Gasteiger partial charge in [-0.25, -0.2) is 9.59 Å². The highest BCUT2D eigenvalue weighted by Crippen LogP contribution is 2.36. The van der Waals surface area contributed by atoms with Gasteiger partial charge in [-0.2, -0.15) is 0 Å². The van der Waals surface area contributed by atoms with E-state index in [1.54, 1.807) is 20.8 Å². The van der Waals surface area contributed by atoms with Gasteiger partial charge in [0.15, 0.2) is 0 Å². The molecule has 0 bridgehead atoms. The molecule has 3 aliphatic rings. The topological polar surface area (TPSA) is 142 Å². The summed E-state index contributed by atoms with van der Waals surface area (Å²) in [5.74, 6) is -3.37. The molecule has 38 heavy (non-hydrogen) atoms. The Morgan fingerprint density at radius 1 is 0.947 bits per heavy atom. The van der Waals surface area contributed by atoms with Gasteiger partial charge in [-0.1, -0.05) is 46.0 Å². The fourth-order valence-corrected chi connectivity index (χ4v) is 5.88. The van der Waals surface area contributed by atoms with Crippen LogP contribution in [0.25, 0.3) is 0 Å². The summed E-state index contributed by atoms with van der Waals surface area (Å²) in [4.78, 5) is 65.8. The molecule has 10 heteroatoms. The standard InChI is InChI=1S/C28H45N3O7/c1-16(2)19-13-14-31(22(19)24(33)29-20(15-17-11-12-17)23(32)26(35)36)25(34)21(18-9-7-6-8-10-18)30-27(37)38-28(3,4)5/h16-22H,6-15H2,1-5H3,(H,29,33)(H,30,37)(H,35,36)/t19?,20?,21-,22-/m0/s1. The number of amides is 3. The quantitative estimate of drug-likeness (QED) is 0.364. The molecular formula is C28H45N3O7. The van der Waals surface area contributed by atoms with Crippen LogP contribution in [0.4, 0.5) is 4.79 Å². The zero-order valence-corrected chi connectivity index (χ0v) is 23.5. The van der Waals surface area contributed by atoms with Crippen LogP contribution in [0.5, 0.6) is 0 Å². The van der Waals surface area contributed by atoms with Gasteiger partial charge in [0.1, 0.15) is 17.7 Å². The number of nitrogens with one attached hydrogen (secondary N) is 2. The van der Waals surface area contributed by atoms with E-state index in [1.807, 2.05) is 13.8 Å². The lowest BCUT2D eigenvalue weighted by atomic mass is 9.83. The zero-order valence-electron chi connectivity index (χ0n) is 23.5. The van der Waals surface area contributed by atoms with Crippen molar-refractivity contribution in [3.8, 4) is 0 Å². The number of carboxylic acids is 1. The largest absolute Gasteiger partial charge is 0.475 e. The van der Waals surface area contributed by atoms with Crippen molar-refractivity contribution < 1.29 is 33.8 Å². The molecule has 3 fully saturated rings. The minimum atomic E-state index is -1.57. The van der Waals surface area contributed by atoms with Gasteiger partial charge in [0.05, 0.1) is 6.04 Å². The van der Waals surface area contributed by atoms with Crippen molar-refractivity contribution >= 4 is 29.7 Å². The number of hydrogen-bond acceptors (Lipinski definition) is 6. The number of aliphatic carboxylic acids is 1. The summed E-state index contributed by atoms with van der Waals surface area (Å²) >= 11 is 0. The summed E-state index contributed by atoms with van der Waals surface area (Å²) in [6, 6.07) is -2.79. The van der Waals surface area contributed by atoms with Crippen molar-refractivity contribution in [3.63, 3.8) is 0 Å². The molecule has 1 saturated heterocycles. The molecule has 214 valence electrons. The zero-order chi connectivity index (χ0) is 28.2. The summed E-state index contributed by atoms with van der Waals surface area (Å²) in [5, 5.41) is 14.8. The Kier molecular flexibility index (Phi) is 9.81. The van der Waals surface area contributed by atoms with Crippen molar-refractivity contribution in [1.82, 2.24) is 15.5 Å². The Labute approximate surface area is 225 Å². The van der Waals surface area contributed by atoms with Gasteiger partial charge < -0.3 is 25.4 Å². The lowest BCUT2D eigenvalue weighted by molar-refractivity contribution is -0.151. The first-order chi connectivity index (χ1) is 17.8. The molecule has 0 radical (unpaired) electrons. The highest BCUT2D eigenvalue weighted by Gasteiger charge is 2.47. The summed E-state index contributed by atoms with van der Waals surface area (Å²) in [7, 11) is 0. The van der Waals surface area contributed by atoms with Crippen molar-refractivity contribution in [1.29, 1.82) is 0 Å². The van der Waals surface area contributed by atoms with E-state index >= 15 is 0 Å². The van der Waals surface area contributed by atoms with Gasteiger partial charge >= 0.3 is 12.1 Å². The highest BCUT2D eigenvalue weighted by atomic mass is 16.6. The smallest absolute Gasteiger partial charge is 0.408 e. The Balaban J connectivity index is 1.84. The van der Waals surface area contributed by atoms with Gasteiger partial charge in [0, 0.05) is 6.54 Å². The summed E-state index contributed by atoms with van der Waals surface area (Å²) in [6.45, 7) is 9.60. The van der Waals surface area contributed by atoms with Crippen LogP contribution in [-0.4, -0.2) is 69.9 Å². The number of rotatable bonds is 10. The number of hydrogen-bond donors (Lipinski definition) is 3. The van der Waals surface area contributed by atoms with Crippen molar-refractivity contribution in [2.75, 3.05) is 6.54 Å². The van der Waals surface area contributed by atoms with Gasteiger partial charge in [-0.3, -0.25) is 14.4 Å². The SMILES string of the molecule is CC(C)C1CCN(C(=O)[C@@H](NC(=O)OC(C)(C)C)C2CCCCC2)[C@@H]1C(=O)NC(CC1CC1)C(=O)C(=O)O. The van der Waals surface area contributed by atoms with Gasteiger partial charge in [0.25, 0.3) is 5.78 Å². The molecule has 0 aromatic rings. The van der Waals surface area contributed by atoms with Gasteiger partial charge in [-0.15, -0.1) is 0 Å². The average molecular weight is 536 g/mol. The average Bonchev–Trinajstić information content (AvgIpc) is 3.53. The molecule has 0 aromatic heterocycles. The normalized spacial score (nSPS) is 24.0. The van der Waals surface area contributed by atoms with Gasteiger partial charge in [-0.05, 0) is 70.1 Å². The second kappa shape index (κ2) is 12.5. The van der Waals surface area contributed by atoms with Crippen molar-refractivity contribution in [2.24, 2.45) is 23.7 Å². The summed E-state index contributed by atoms with van der Waals surface area (Å²) in [6.07, 6.45) is 6.62. The fraction of sp³-hybridized carbons (Fsp3) is 0.821. The lowest BCUT2D eigenvalue weighted by Crippen LogP contribution is -2.59. The van der Waals surface area contributed by atoms with E-state index in [0.717, 1.165) is 44.9 Å². The van der Waals surface area contributed by atoms with E-state index in [4.69, 9.17) is 4.74 Å². The number of Topliss-reactive ketones (excluding diaryl/α,β-unsaturated/α-hetero) is 1. The van der Waals surface area contributed by atoms with E-state index in [1.165, 1.54) is 4.90 Å². The first-order valence-electron chi connectivity index (χ1n) is 14.2. The van der Waals surface area contributed by atoms with Crippen LogP contribution in [0.15, 0.2) is 0 Å². The summed E-state index contributed by atoms with van der Waals surface area (Å²) < 4.78 is 5.46. The molecule has 4 atom stereocenters. The molecule has 1 aliphatic heterocycles. The molecule has 2 aliphatic carbocycles. The third kappa shape index (κ3) is 7.93. The number of ether oxygens (including phenoxy) is 1. The second-order valence-corrected chi connectivity index (χ2v) is 12.6. The third-order valence-electron chi connectivity index (χ3n) is 8.02. The number of alkyl carbamates (subject to hydrolysis) is 1. The molecule has 2 saturated carbocycles. The number of ketones is 1. The molecule has 3 amide bonds. The minimum Gasteiger partial charge on any atom is -0.475 e. The van der Waals surface area contributed by atoms with Crippen LogP contribution in [0.3, 0.4) is 0 Å². The van der Waals surface area contributed by atoms with E-state index in [9.17, 15) is 29.1 Å². The first-order valence-corrected chi connectivity index (χ1v) is 14.2. The fourth-order valence-electron chi connectivity index (χ4n) is 5.88. The predicted octanol–water partition coefficient (Wildman–Crippen LogP) is 3.27. The van der Waals surface area contributed by atoms with E-state index < -0.39 is 47.5 Å². The number of carbonyl (C=O) groups is 5. The Morgan fingerprint density at radius 3 is 2.11 bits per heavy atom. The third-order valence-corrected chi connectivity index (χ3v) is 8.02. The Hall–Kier alpha value is -2.65. The van der Waals surface area contributed by atoms with Crippen LogP contribution < -0.4 is 10.6 Å². The van der Waals surface area contributed by atoms with E-state index in [-0.39, 0.29) is 36.0 Å². The first kappa shape index (κ1) is 29.9. The Bertz CT molecular complexity index is 903. The monoisotopic (exact) mass is 535 g/mol. The second-order valence-electron chi connectivity index (χ2n) is 12.6. The number of likely N-dealkylation sites (tertiary alicyclic amines) is 1. The molecule has 0 aromatic carbocycles. The molecule has 0 spiro atoms. The highest BCUT2D eigenvalue weighted by molar-refractivity contribution is 6.35. The van der Waals surface area contributed by atoms with Crippen molar-refractivity contribution in [2.45, 2.75) is 116 Å². The van der Waals surface area contributed by atoms with E-state index in [0.29, 0.717) is 13.0 Å². The molecular weight excluding hydrogens is 490 g/mol. The van der Waals surface area contributed by atoms with E-state index in [2.05, 4.69) is 10.6 Å². The molecule has 3 N–H and O–H groups in total. The van der Waals surface area contributed by atoms with Crippen LogP contribution in [0.1, 0.15) is 92.4 Å². The predicted molar refractivity (Wildman–Crippen MR) is 140 cm³/mol. The maximum Gasteiger partial charge on any atom is 0.408 e. The Morgan fingerprint density at radius 2 is 1.58 bits per heavy atom. The van der Waals surface area contributed by atoms with Crippen LogP contribution >= 0.6 is 0 Å². The lowest BCUT2D eigenvalue weighted by Gasteiger charge is -2.36. The maximum absolute atomic E-state index is 14.1. The number of carboxylic acid groups (broad SMARTS) is 1. The number of nitrogens with zero attached hydrogens (tertiary/aromatic N) is 1. The van der Waals surface area contributed by atoms with Crippen LogP contribution in [0.2, 0.25) is 0 Å². The molecule has 2 unspecified atom stereocenters. The summed E-state index contributed by atoms with van der Waals surface area (Å²) in [5.41, 5.74) is -0.726. The molecule has 1 heterocycles. The molecule has 10 nitrogen and oxygen atoms in total. The van der Waals surface area contributed by atoms with Crippen molar-refractivity contribution in [3.05, 3.63) is 0 Å². The van der Waals surface area contributed by atoms with Gasteiger partial charge in [0.2, 0.25) is 11.8 Å². The number of carbonyl (C=O) groups excluding carboxylic acids is 4.